The molecule has 0 saturated heterocycles. The summed E-state index contributed by atoms with van der Waals surface area (Å²) in [5.41, 5.74) is 2.58. The van der Waals surface area contributed by atoms with Crippen molar-refractivity contribution in [3.8, 4) is 0 Å². The smallest absolute Gasteiger partial charge is 0.0274 e. The van der Waals surface area contributed by atoms with Crippen molar-refractivity contribution in [2.75, 3.05) is 7.05 Å². The molecule has 0 aliphatic heterocycles. The lowest BCUT2D eigenvalue weighted by molar-refractivity contribution is 0.580. The van der Waals surface area contributed by atoms with Gasteiger partial charge in [-0.15, -0.1) is 0 Å². The maximum Gasteiger partial charge on any atom is 0.0274 e. The molecule has 0 heterocycles. The lowest BCUT2D eigenvalue weighted by Crippen LogP contribution is -2.25. The van der Waals surface area contributed by atoms with Gasteiger partial charge < -0.3 is 5.32 Å². The van der Waals surface area contributed by atoms with Crippen molar-refractivity contribution in [1.82, 2.24) is 5.32 Å². The summed E-state index contributed by atoms with van der Waals surface area (Å²) in [5.74, 6) is 0. The van der Waals surface area contributed by atoms with Crippen LogP contribution in [-0.2, 0) is 0 Å². The zero-order valence-corrected chi connectivity index (χ0v) is 9.32. The third kappa shape index (κ3) is 5.64. The minimum atomic E-state index is 0.452. The van der Waals surface area contributed by atoms with Crippen LogP contribution in [-0.4, -0.2) is 13.1 Å². The minimum absolute atomic E-state index is 0.452. The van der Waals surface area contributed by atoms with Gasteiger partial charge in [-0.05, 0) is 33.2 Å². The molecule has 13 heavy (non-hydrogen) atoms. The first kappa shape index (κ1) is 12.4. The van der Waals surface area contributed by atoms with Gasteiger partial charge in [-0.3, -0.25) is 0 Å². The molecule has 0 saturated carbocycles. The van der Waals surface area contributed by atoms with Gasteiger partial charge in [0.2, 0.25) is 0 Å². The summed E-state index contributed by atoms with van der Waals surface area (Å²) in [6.45, 7) is 12.3. The van der Waals surface area contributed by atoms with Crippen molar-refractivity contribution in [2.24, 2.45) is 0 Å². The summed E-state index contributed by atoms with van der Waals surface area (Å²) in [7, 11) is 1.99. The predicted octanol–water partition coefficient (Wildman–Crippen LogP) is 3.29. The molecule has 1 unspecified atom stereocenters. The van der Waals surface area contributed by atoms with E-state index in [2.05, 4.69) is 32.3 Å². The molecule has 0 bridgehead atoms. The van der Waals surface area contributed by atoms with Crippen LogP contribution < -0.4 is 5.32 Å². The Bertz CT molecular complexity index is 170. The molecule has 1 nitrogen and oxygen atoms in total. The van der Waals surface area contributed by atoms with Gasteiger partial charge in [0.05, 0.1) is 0 Å². The van der Waals surface area contributed by atoms with Gasteiger partial charge in [0.25, 0.3) is 0 Å². The molecule has 0 spiro atoms. The maximum atomic E-state index is 4.05. The molecular formula is C12H23N. The molecule has 0 aliphatic carbocycles. The van der Waals surface area contributed by atoms with E-state index in [9.17, 15) is 0 Å². The third-order valence-electron chi connectivity index (χ3n) is 2.33. The second kappa shape index (κ2) is 6.90. The fourth-order valence-corrected chi connectivity index (χ4v) is 1.46. The van der Waals surface area contributed by atoms with E-state index >= 15 is 0 Å². The van der Waals surface area contributed by atoms with Gasteiger partial charge in [0.1, 0.15) is 0 Å². The first-order valence-corrected chi connectivity index (χ1v) is 5.11. The number of hydrogen-bond donors (Lipinski definition) is 1. The zero-order chi connectivity index (χ0) is 10.3. The average molecular weight is 181 g/mol. The van der Waals surface area contributed by atoms with E-state index in [4.69, 9.17) is 0 Å². The Morgan fingerprint density at radius 3 is 2.31 bits per heavy atom. The van der Waals surface area contributed by atoms with Crippen molar-refractivity contribution in [2.45, 2.75) is 45.6 Å². The molecule has 0 amide bonds. The van der Waals surface area contributed by atoms with Crippen molar-refractivity contribution in [3.05, 3.63) is 24.3 Å². The van der Waals surface area contributed by atoms with E-state index in [0.29, 0.717) is 6.04 Å². The van der Waals surface area contributed by atoms with Crippen molar-refractivity contribution in [1.29, 1.82) is 0 Å². The molecule has 0 fully saturated rings. The number of hydrogen-bond acceptors (Lipinski definition) is 1. The Morgan fingerprint density at radius 2 is 1.92 bits per heavy atom. The van der Waals surface area contributed by atoms with Crippen LogP contribution in [0.15, 0.2) is 24.3 Å². The second-order valence-corrected chi connectivity index (χ2v) is 3.73. The van der Waals surface area contributed by atoms with Crippen LogP contribution in [0.4, 0.5) is 0 Å². The summed E-state index contributed by atoms with van der Waals surface area (Å²) >= 11 is 0. The Morgan fingerprint density at radius 1 is 1.31 bits per heavy atom. The van der Waals surface area contributed by atoms with Crippen molar-refractivity contribution >= 4 is 0 Å². The number of allylic oxidation sites excluding steroid dienone is 1. The van der Waals surface area contributed by atoms with Crippen molar-refractivity contribution in [3.63, 3.8) is 0 Å². The summed E-state index contributed by atoms with van der Waals surface area (Å²) in [6, 6.07) is 0.452. The lowest BCUT2D eigenvalue weighted by Gasteiger charge is -2.16. The van der Waals surface area contributed by atoms with Crippen LogP contribution in [0.5, 0.6) is 0 Å². The van der Waals surface area contributed by atoms with Crippen LogP contribution in [0.25, 0.3) is 0 Å². The fourth-order valence-electron chi connectivity index (χ4n) is 1.46. The Balaban J connectivity index is 3.72. The highest BCUT2D eigenvalue weighted by Crippen LogP contribution is 2.13. The first-order chi connectivity index (χ1) is 6.11. The monoisotopic (exact) mass is 181 g/mol. The highest BCUT2D eigenvalue weighted by atomic mass is 14.9. The SMILES string of the molecule is C=C(CCC)CCC(NC)C(=C)C. The summed E-state index contributed by atoms with van der Waals surface area (Å²) < 4.78 is 0. The van der Waals surface area contributed by atoms with Crippen LogP contribution in [0, 0.1) is 0 Å². The van der Waals surface area contributed by atoms with Crippen molar-refractivity contribution < 1.29 is 0 Å². The normalized spacial score (nSPS) is 12.5. The van der Waals surface area contributed by atoms with Gasteiger partial charge in [-0.1, -0.05) is 37.6 Å². The van der Waals surface area contributed by atoms with Crippen LogP contribution in [0.3, 0.4) is 0 Å². The van der Waals surface area contributed by atoms with E-state index in [0.717, 1.165) is 19.3 Å². The number of likely N-dealkylation sites (N-methyl/N-ethyl adjacent to an activating group) is 1. The lowest BCUT2D eigenvalue weighted by atomic mass is 10.00. The maximum absolute atomic E-state index is 4.05. The van der Waals surface area contributed by atoms with Crippen LogP contribution >= 0.6 is 0 Å². The summed E-state index contributed by atoms with van der Waals surface area (Å²) in [6.07, 6.45) is 4.61. The van der Waals surface area contributed by atoms with E-state index in [-0.39, 0.29) is 0 Å². The molecule has 1 atom stereocenters. The van der Waals surface area contributed by atoms with Gasteiger partial charge in [0.15, 0.2) is 0 Å². The van der Waals surface area contributed by atoms with E-state index in [1.54, 1.807) is 0 Å². The second-order valence-electron chi connectivity index (χ2n) is 3.73. The average Bonchev–Trinajstić information content (AvgIpc) is 2.05. The fraction of sp³-hybridized carbons (Fsp3) is 0.667. The quantitative estimate of drug-likeness (QED) is 0.594. The molecule has 0 aromatic carbocycles. The van der Waals surface area contributed by atoms with Crippen LogP contribution in [0.1, 0.15) is 39.5 Å². The highest BCUT2D eigenvalue weighted by molar-refractivity contribution is 5.04. The van der Waals surface area contributed by atoms with E-state index in [1.807, 2.05) is 7.05 Å². The van der Waals surface area contributed by atoms with E-state index in [1.165, 1.54) is 17.6 Å². The van der Waals surface area contributed by atoms with E-state index < -0.39 is 0 Å². The molecule has 1 heteroatoms. The molecule has 0 aromatic rings. The molecule has 0 rings (SSSR count). The minimum Gasteiger partial charge on any atom is -0.313 e. The largest absolute Gasteiger partial charge is 0.313 e. The molecule has 0 aromatic heterocycles. The zero-order valence-electron chi connectivity index (χ0n) is 9.32. The standard InChI is InChI=1S/C12H23N/c1-6-7-11(4)8-9-12(13-5)10(2)3/h12-13H,2,4,6-9H2,1,3,5H3. The molecule has 0 aliphatic rings. The molecule has 1 N–H and O–H groups in total. The summed E-state index contributed by atoms with van der Waals surface area (Å²) in [4.78, 5) is 0. The molecule has 0 radical (unpaired) electrons. The number of nitrogens with one attached hydrogen (secondary N) is 1. The van der Waals surface area contributed by atoms with Gasteiger partial charge >= 0.3 is 0 Å². The van der Waals surface area contributed by atoms with Crippen LogP contribution in [0.2, 0.25) is 0 Å². The Hall–Kier alpha value is -0.560. The highest BCUT2D eigenvalue weighted by Gasteiger charge is 2.06. The Kier molecular flexibility index (Phi) is 6.61. The topological polar surface area (TPSA) is 12.0 Å². The third-order valence-corrected chi connectivity index (χ3v) is 2.33. The van der Waals surface area contributed by atoms with Gasteiger partial charge in [-0.25, -0.2) is 0 Å². The predicted molar refractivity (Wildman–Crippen MR) is 60.9 cm³/mol. The summed E-state index contributed by atoms with van der Waals surface area (Å²) in [5, 5.41) is 3.26. The molecule has 76 valence electrons. The van der Waals surface area contributed by atoms with Gasteiger partial charge in [-0.2, -0.15) is 0 Å². The number of rotatable bonds is 7. The molecular weight excluding hydrogens is 158 g/mol. The first-order valence-electron chi connectivity index (χ1n) is 5.11. The van der Waals surface area contributed by atoms with Gasteiger partial charge in [0, 0.05) is 6.04 Å². The Labute approximate surface area is 82.9 Å².